The third-order valence-corrected chi connectivity index (χ3v) is 5.23. The molecule has 6 heteroatoms. The first-order chi connectivity index (χ1) is 13.1. The van der Waals surface area contributed by atoms with Gasteiger partial charge in [-0.25, -0.2) is 9.59 Å². The molecule has 2 N–H and O–H groups in total. The van der Waals surface area contributed by atoms with Gasteiger partial charge in [-0.15, -0.1) is 0 Å². The van der Waals surface area contributed by atoms with E-state index in [0.29, 0.717) is 31.9 Å². The quantitative estimate of drug-likeness (QED) is 0.823. The monoisotopic (exact) mass is 365 g/mol. The van der Waals surface area contributed by atoms with Crippen LogP contribution in [0.2, 0.25) is 0 Å². The zero-order valence-electron chi connectivity index (χ0n) is 15.1. The van der Waals surface area contributed by atoms with Crippen LogP contribution in [0.5, 0.6) is 0 Å². The summed E-state index contributed by atoms with van der Waals surface area (Å²) < 4.78 is 4.95. The molecule has 0 bridgehead atoms. The second-order valence-corrected chi connectivity index (χ2v) is 7.19. The van der Waals surface area contributed by atoms with Gasteiger partial charge in [0.25, 0.3) is 0 Å². The molecule has 0 spiro atoms. The molecule has 1 saturated heterocycles. The predicted molar refractivity (Wildman–Crippen MR) is 103 cm³/mol. The number of rotatable bonds is 6. The molecule has 1 aliphatic heterocycles. The number of urea groups is 1. The van der Waals surface area contributed by atoms with Crippen LogP contribution in [0, 0.1) is 0 Å². The zero-order chi connectivity index (χ0) is 18.7. The van der Waals surface area contributed by atoms with Gasteiger partial charge in [-0.05, 0) is 36.1 Å². The molecule has 3 amide bonds. The number of cyclic esters (lactones) is 1. The Kier molecular flexibility index (Phi) is 4.71. The van der Waals surface area contributed by atoms with Gasteiger partial charge in [-0.2, -0.15) is 0 Å². The summed E-state index contributed by atoms with van der Waals surface area (Å²) in [4.78, 5) is 25.5. The summed E-state index contributed by atoms with van der Waals surface area (Å²) in [7, 11) is 0. The van der Waals surface area contributed by atoms with Crippen LogP contribution >= 0.6 is 0 Å². The highest BCUT2D eigenvalue weighted by atomic mass is 16.6. The van der Waals surface area contributed by atoms with E-state index in [1.54, 1.807) is 4.90 Å². The summed E-state index contributed by atoms with van der Waals surface area (Å²) in [5, 5.41) is 5.88. The Bertz CT molecular complexity index is 834. The van der Waals surface area contributed by atoms with Crippen molar-refractivity contribution >= 4 is 17.8 Å². The van der Waals surface area contributed by atoms with Crippen LogP contribution in [0.25, 0.3) is 0 Å². The molecule has 2 aromatic carbocycles. The molecule has 2 aliphatic rings. The molecule has 1 heterocycles. The van der Waals surface area contributed by atoms with Crippen LogP contribution < -0.4 is 10.6 Å². The van der Waals surface area contributed by atoms with Crippen LogP contribution in [-0.2, 0) is 16.7 Å². The molecule has 0 aromatic heterocycles. The van der Waals surface area contributed by atoms with Gasteiger partial charge in [0.05, 0.1) is 6.54 Å². The van der Waals surface area contributed by atoms with Gasteiger partial charge in [0.2, 0.25) is 0 Å². The lowest BCUT2D eigenvalue weighted by Crippen LogP contribution is -2.35. The second kappa shape index (κ2) is 7.31. The van der Waals surface area contributed by atoms with E-state index in [0.717, 1.165) is 18.4 Å². The molecule has 1 aliphatic carbocycles. The smallest absolute Gasteiger partial charge is 0.410 e. The molecule has 0 radical (unpaired) electrons. The molecule has 4 rings (SSSR count). The SMILES string of the molecule is O=C(NCC1(c2ccccc2)CC1)Nc1cccc(CN2CCOC2=O)c1. The summed E-state index contributed by atoms with van der Waals surface area (Å²) >= 11 is 0. The number of amides is 3. The maximum atomic E-state index is 12.3. The second-order valence-electron chi connectivity index (χ2n) is 7.19. The minimum Gasteiger partial charge on any atom is -0.448 e. The largest absolute Gasteiger partial charge is 0.448 e. The lowest BCUT2D eigenvalue weighted by molar-refractivity contribution is 0.157. The lowest BCUT2D eigenvalue weighted by Gasteiger charge is -2.17. The van der Waals surface area contributed by atoms with Crippen molar-refractivity contribution in [1.29, 1.82) is 0 Å². The lowest BCUT2D eigenvalue weighted by atomic mass is 9.96. The Morgan fingerprint density at radius 3 is 2.63 bits per heavy atom. The first-order valence-corrected chi connectivity index (χ1v) is 9.26. The highest BCUT2D eigenvalue weighted by Crippen LogP contribution is 2.47. The fraction of sp³-hybridized carbons (Fsp3) is 0.333. The number of carbonyl (C=O) groups excluding carboxylic acids is 2. The number of hydrogen-bond acceptors (Lipinski definition) is 3. The summed E-state index contributed by atoms with van der Waals surface area (Å²) in [6, 6.07) is 17.7. The topological polar surface area (TPSA) is 70.7 Å². The number of hydrogen-bond donors (Lipinski definition) is 2. The van der Waals surface area contributed by atoms with E-state index >= 15 is 0 Å². The van der Waals surface area contributed by atoms with Gasteiger partial charge in [0, 0.05) is 24.2 Å². The van der Waals surface area contributed by atoms with E-state index in [9.17, 15) is 9.59 Å². The van der Waals surface area contributed by atoms with E-state index in [2.05, 4.69) is 22.8 Å². The number of nitrogens with one attached hydrogen (secondary N) is 2. The van der Waals surface area contributed by atoms with Gasteiger partial charge >= 0.3 is 12.1 Å². The van der Waals surface area contributed by atoms with Crippen LogP contribution in [0.3, 0.4) is 0 Å². The van der Waals surface area contributed by atoms with Crippen molar-refractivity contribution < 1.29 is 14.3 Å². The van der Waals surface area contributed by atoms with Crippen molar-refractivity contribution in [2.45, 2.75) is 24.8 Å². The van der Waals surface area contributed by atoms with Gasteiger partial charge in [0.1, 0.15) is 6.61 Å². The molecule has 0 atom stereocenters. The van der Waals surface area contributed by atoms with E-state index in [4.69, 9.17) is 4.74 Å². The van der Waals surface area contributed by atoms with E-state index in [-0.39, 0.29) is 17.5 Å². The first kappa shape index (κ1) is 17.4. The molecule has 1 saturated carbocycles. The molecular weight excluding hydrogens is 342 g/mol. The molecule has 27 heavy (non-hydrogen) atoms. The summed E-state index contributed by atoms with van der Waals surface area (Å²) in [6.07, 6.45) is 1.90. The van der Waals surface area contributed by atoms with Crippen molar-refractivity contribution in [2.75, 3.05) is 25.0 Å². The minimum atomic E-state index is -0.290. The highest BCUT2D eigenvalue weighted by Gasteiger charge is 2.44. The average Bonchev–Trinajstić information content (AvgIpc) is 3.38. The van der Waals surface area contributed by atoms with Crippen LogP contribution in [0.4, 0.5) is 15.3 Å². The van der Waals surface area contributed by atoms with E-state index in [1.165, 1.54) is 5.56 Å². The zero-order valence-corrected chi connectivity index (χ0v) is 15.1. The predicted octanol–water partition coefficient (Wildman–Crippen LogP) is 3.49. The number of nitrogens with zero attached hydrogens (tertiary/aromatic N) is 1. The minimum absolute atomic E-state index is 0.0799. The fourth-order valence-electron chi connectivity index (χ4n) is 3.47. The van der Waals surface area contributed by atoms with Crippen LogP contribution in [0.15, 0.2) is 54.6 Å². The van der Waals surface area contributed by atoms with Gasteiger partial charge in [-0.3, -0.25) is 0 Å². The summed E-state index contributed by atoms with van der Waals surface area (Å²) in [5.41, 5.74) is 3.03. The summed E-state index contributed by atoms with van der Waals surface area (Å²) in [5.74, 6) is 0. The van der Waals surface area contributed by atoms with Crippen LogP contribution in [0.1, 0.15) is 24.0 Å². The van der Waals surface area contributed by atoms with E-state index in [1.807, 2.05) is 42.5 Å². The highest BCUT2D eigenvalue weighted by molar-refractivity contribution is 5.89. The van der Waals surface area contributed by atoms with Crippen molar-refractivity contribution in [3.05, 3.63) is 65.7 Å². The fourth-order valence-corrected chi connectivity index (χ4v) is 3.47. The number of benzene rings is 2. The Labute approximate surface area is 158 Å². The van der Waals surface area contributed by atoms with Crippen molar-refractivity contribution in [3.63, 3.8) is 0 Å². The van der Waals surface area contributed by atoms with Crippen molar-refractivity contribution in [1.82, 2.24) is 10.2 Å². The van der Waals surface area contributed by atoms with Gasteiger partial charge < -0.3 is 20.3 Å². The van der Waals surface area contributed by atoms with E-state index < -0.39 is 0 Å². The molecule has 2 aromatic rings. The van der Waals surface area contributed by atoms with Crippen LogP contribution in [-0.4, -0.2) is 36.7 Å². The molecule has 0 unspecified atom stereocenters. The number of ether oxygens (including phenoxy) is 1. The maximum absolute atomic E-state index is 12.3. The Morgan fingerprint density at radius 1 is 1.11 bits per heavy atom. The Morgan fingerprint density at radius 2 is 1.93 bits per heavy atom. The Hall–Kier alpha value is -3.02. The first-order valence-electron chi connectivity index (χ1n) is 9.26. The molecule has 140 valence electrons. The number of anilines is 1. The third kappa shape index (κ3) is 4.05. The maximum Gasteiger partial charge on any atom is 0.410 e. The Balaban J connectivity index is 1.32. The molecule has 6 nitrogen and oxygen atoms in total. The summed E-state index contributed by atoms with van der Waals surface area (Å²) in [6.45, 7) is 2.14. The number of carbonyl (C=O) groups is 2. The standard InChI is InChI=1S/C21H23N3O3/c25-19(22-15-21(9-10-21)17-6-2-1-3-7-17)23-18-8-4-5-16(13-18)14-24-11-12-27-20(24)26/h1-8,13H,9-12,14-15H2,(H2,22,23,25). The van der Waals surface area contributed by atoms with Crippen molar-refractivity contribution in [3.8, 4) is 0 Å². The normalized spacial score (nSPS) is 17.3. The molecular formula is C21H23N3O3. The van der Waals surface area contributed by atoms with Crippen molar-refractivity contribution in [2.24, 2.45) is 0 Å². The molecule has 2 fully saturated rings. The third-order valence-electron chi connectivity index (χ3n) is 5.23. The van der Waals surface area contributed by atoms with Gasteiger partial charge in [0.15, 0.2) is 0 Å². The average molecular weight is 365 g/mol. The van der Waals surface area contributed by atoms with Gasteiger partial charge in [-0.1, -0.05) is 42.5 Å².